The number of thiocarbonyl (C=S) groups is 1. The van der Waals surface area contributed by atoms with Gasteiger partial charge in [-0.15, -0.1) is 0 Å². The summed E-state index contributed by atoms with van der Waals surface area (Å²) in [6, 6.07) is 6.21. The van der Waals surface area contributed by atoms with E-state index in [-0.39, 0.29) is 5.69 Å². The molecule has 0 unspecified atom stereocenters. The molecule has 0 fully saturated rings. The third kappa shape index (κ3) is 5.91. The molecule has 0 spiro atoms. The number of unbranched alkanes of at least 4 members (excludes halogenated alkanes) is 1. The number of rotatable bonds is 6. The summed E-state index contributed by atoms with van der Waals surface area (Å²) in [4.78, 5) is 10.2. The number of hydrogen-bond donors (Lipinski definition) is 2. The highest BCUT2D eigenvalue weighted by Crippen LogP contribution is 2.11. The van der Waals surface area contributed by atoms with Crippen LogP contribution in [0.25, 0.3) is 0 Å². The van der Waals surface area contributed by atoms with Crippen LogP contribution < -0.4 is 10.7 Å². The van der Waals surface area contributed by atoms with Crippen LogP contribution in [0.1, 0.15) is 25.3 Å². The van der Waals surface area contributed by atoms with Crippen molar-refractivity contribution in [3.8, 4) is 0 Å². The van der Waals surface area contributed by atoms with Gasteiger partial charge in [0.1, 0.15) is 0 Å². The van der Waals surface area contributed by atoms with E-state index in [4.69, 9.17) is 12.2 Å². The third-order valence-electron chi connectivity index (χ3n) is 2.28. The molecule has 1 aromatic carbocycles. The predicted octanol–water partition coefficient (Wildman–Crippen LogP) is 2.19. The summed E-state index contributed by atoms with van der Waals surface area (Å²) < 4.78 is 0. The number of benzene rings is 1. The average molecular weight is 280 g/mol. The normalized spacial score (nSPS) is 10.4. The first-order chi connectivity index (χ1) is 9.13. The molecule has 0 aliphatic heterocycles. The molecule has 0 heterocycles. The molecule has 0 saturated carbocycles. The van der Waals surface area contributed by atoms with E-state index >= 15 is 0 Å². The Kier molecular flexibility index (Phi) is 6.45. The lowest BCUT2D eigenvalue weighted by molar-refractivity contribution is -0.384. The molecule has 0 atom stereocenters. The Morgan fingerprint density at radius 2 is 2.37 bits per heavy atom. The second kappa shape index (κ2) is 8.15. The Hall–Kier alpha value is -2.02. The van der Waals surface area contributed by atoms with Gasteiger partial charge in [0.25, 0.3) is 5.69 Å². The summed E-state index contributed by atoms with van der Waals surface area (Å²) in [5.74, 6) is 0. The number of hydrazone groups is 1. The van der Waals surface area contributed by atoms with Crippen LogP contribution in [0.5, 0.6) is 0 Å². The van der Waals surface area contributed by atoms with E-state index in [1.54, 1.807) is 12.1 Å². The monoisotopic (exact) mass is 280 g/mol. The Morgan fingerprint density at radius 3 is 3.05 bits per heavy atom. The third-order valence-corrected chi connectivity index (χ3v) is 2.51. The molecule has 1 rings (SSSR count). The van der Waals surface area contributed by atoms with Gasteiger partial charge in [0.15, 0.2) is 5.11 Å². The molecule has 7 heteroatoms. The molecule has 0 saturated heterocycles. The Labute approximate surface area is 117 Å². The van der Waals surface area contributed by atoms with Gasteiger partial charge in [-0.3, -0.25) is 15.5 Å². The van der Waals surface area contributed by atoms with Crippen molar-refractivity contribution in [3.63, 3.8) is 0 Å². The lowest BCUT2D eigenvalue weighted by atomic mass is 10.2. The van der Waals surface area contributed by atoms with Gasteiger partial charge in [-0.05, 0) is 18.6 Å². The zero-order chi connectivity index (χ0) is 14.1. The van der Waals surface area contributed by atoms with Crippen LogP contribution in [0.4, 0.5) is 5.69 Å². The van der Waals surface area contributed by atoms with Crippen LogP contribution in [0.3, 0.4) is 0 Å². The molecule has 0 aliphatic rings. The fourth-order valence-electron chi connectivity index (χ4n) is 1.30. The van der Waals surface area contributed by atoms with Crippen molar-refractivity contribution in [2.45, 2.75) is 19.8 Å². The van der Waals surface area contributed by atoms with Gasteiger partial charge < -0.3 is 5.32 Å². The first-order valence-electron chi connectivity index (χ1n) is 5.95. The number of non-ortho nitro benzene ring substituents is 1. The quantitative estimate of drug-likeness (QED) is 0.274. The standard InChI is InChI=1S/C12H16N4O2S/c1-2-3-7-13-12(19)15-14-9-10-5-4-6-11(8-10)16(17)18/h4-6,8-9H,2-3,7H2,1H3,(H2,13,15,19)/b14-9-. The van der Waals surface area contributed by atoms with Gasteiger partial charge >= 0.3 is 0 Å². The summed E-state index contributed by atoms with van der Waals surface area (Å²) in [6.07, 6.45) is 3.61. The van der Waals surface area contributed by atoms with Gasteiger partial charge in [0, 0.05) is 24.2 Å². The lowest BCUT2D eigenvalue weighted by Crippen LogP contribution is -2.32. The molecule has 0 bridgehead atoms. The molecule has 0 radical (unpaired) electrons. The molecule has 102 valence electrons. The van der Waals surface area contributed by atoms with E-state index < -0.39 is 4.92 Å². The first-order valence-corrected chi connectivity index (χ1v) is 6.35. The summed E-state index contributed by atoms with van der Waals surface area (Å²) in [5, 5.41) is 18.0. The van der Waals surface area contributed by atoms with E-state index in [0.717, 1.165) is 19.4 Å². The van der Waals surface area contributed by atoms with Crippen molar-refractivity contribution in [1.29, 1.82) is 0 Å². The first kappa shape index (κ1) is 15.0. The minimum Gasteiger partial charge on any atom is -0.361 e. The number of nitro groups is 1. The minimum atomic E-state index is -0.443. The SMILES string of the molecule is CCCCNC(=S)N/N=C\c1cccc([N+](=O)[O-])c1. The smallest absolute Gasteiger partial charge is 0.270 e. The van der Waals surface area contributed by atoms with E-state index in [1.165, 1.54) is 18.3 Å². The lowest BCUT2D eigenvalue weighted by Gasteiger charge is -2.05. The topological polar surface area (TPSA) is 79.6 Å². The van der Waals surface area contributed by atoms with Gasteiger partial charge in [0.05, 0.1) is 11.1 Å². The van der Waals surface area contributed by atoms with Gasteiger partial charge in [-0.25, -0.2) is 0 Å². The molecule has 0 amide bonds. The highest BCUT2D eigenvalue weighted by atomic mass is 32.1. The van der Waals surface area contributed by atoms with Crippen molar-refractivity contribution in [1.82, 2.24) is 10.7 Å². The molecular formula is C12H16N4O2S. The maximum atomic E-state index is 10.6. The maximum Gasteiger partial charge on any atom is 0.270 e. The van der Waals surface area contributed by atoms with Crippen molar-refractivity contribution in [2.24, 2.45) is 5.10 Å². The fourth-order valence-corrected chi connectivity index (χ4v) is 1.46. The highest BCUT2D eigenvalue weighted by Gasteiger charge is 2.03. The summed E-state index contributed by atoms with van der Waals surface area (Å²) in [7, 11) is 0. The van der Waals surface area contributed by atoms with Gasteiger partial charge in [-0.2, -0.15) is 5.10 Å². The van der Waals surface area contributed by atoms with Gasteiger partial charge in [-0.1, -0.05) is 25.5 Å². The van der Waals surface area contributed by atoms with Crippen molar-refractivity contribution < 1.29 is 4.92 Å². The molecule has 6 nitrogen and oxygen atoms in total. The predicted molar refractivity (Wildman–Crippen MR) is 79.3 cm³/mol. The highest BCUT2D eigenvalue weighted by molar-refractivity contribution is 7.80. The van der Waals surface area contributed by atoms with Crippen LogP contribution in [-0.4, -0.2) is 22.8 Å². The number of nitrogens with zero attached hydrogens (tertiary/aromatic N) is 2. The second-order valence-electron chi connectivity index (χ2n) is 3.83. The number of nitro benzene ring substituents is 1. The zero-order valence-corrected chi connectivity index (χ0v) is 11.4. The molecule has 0 aliphatic carbocycles. The van der Waals surface area contributed by atoms with E-state index in [2.05, 4.69) is 22.8 Å². The molecule has 1 aromatic rings. The van der Waals surface area contributed by atoms with Crippen LogP contribution >= 0.6 is 12.2 Å². The zero-order valence-electron chi connectivity index (χ0n) is 10.6. The van der Waals surface area contributed by atoms with Crippen LogP contribution in [0, 0.1) is 10.1 Å². The van der Waals surface area contributed by atoms with E-state index in [1.807, 2.05) is 0 Å². The van der Waals surface area contributed by atoms with E-state index in [0.29, 0.717) is 10.7 Å². The number of nitrogens with one attached hydrogen (secondary N) is 2. The second-order valence-corrected chi connectivity index (χ2v) is 4.24. The number of hydrogen-bond acceptors (Lipinski definition) is 4. The molecular weight excluding hydrogens is 264 g/mol. The Balaban J connectivity index is 2.46. The summed E-state index contributed by atoms with van der Waals surface area (Å²) >= 11 is 5.01. The average Bonchev–Trinajstić information content (AvgIpc) is 2.39. The molecule has 19 heavy (non-hydrogen) atoms. The fraction of sp³-hybridized carbons (Fsp3) is 0.333. The summed E-state index contributed by atoms with van der Waals surface area (Å²) in [6.45, 7) is 2.90. The summed E-state index contributed by atoms with van der Waals surface area (Å²) in [5.41, 5.74) is 3.33. The van der Waals surface area contributed by atoms with Gasteiger partial charge in [0.2, 0.25) is 0 Å². The largest absolute Gasteiger partial charge is 0.361 e. The van der Waals surface area contributed by atoms with Crippen LogP contribution in [0.2, 0.25) is 0 Å². The van der Waals surface area contributed by atoms with Crippen molar-refractivity contribution >= 4 is 29.2 Å². The Morgan fingerprint density at radius 1 is 1.58 bits per heavy atom. The Bertz CT molecular complexity index is 477. The molecule has 2 N–H and O–H groups in total. The maximum absolute atomic E-state index is 10.6. The van der Waals surface area contributed by atoms with E-state index in [9.17, 15) is 10.1 Å². The molecule has 0 aromatic heterocycles. The van der Waals surface area contributed by atoms with Crippen LogP contribution in [0.15, 0.2) is 29.4 Å². The minimum absolute atomic E-state index is 0.0348. The van der Waals surface area contributed by atoms with Crippen molar-refractivity contribution in [2.75, 3.05) is 6.54 Å². The van der Waals surface area contributed by atoms with Crippen LogP contribution in [-0.2, 0) is 0 Å². The van der Waals surface area contributed by atoms with Crippen molar-refractivity contribution in [3.05, 3.63) is 39.9 Å².